The van der Waals surface area contributed by atoms with Crippen molar-refractivity contribution < 1.29 is 14.0 Å². The monoisotopic (exact) mass is 948 g/mol. The van der Waals surface area contributed by atoms with Gasteiger partial charge in [-0.3, -0.25) is 0 Å². The first-order valence-electron chi connectivity index (χ1n) is 28.7. The lowest BCUT2D eigenvalue weighted by Gasteiger charge is -2.27. The number of aryl methyl sites for hydroxylation is 9. The van der Waals surface area contributed by atoms with Crippen LogP contribution >= 0.6 is 0 Å². The number of benzene rings is 3. The van der Waals surface area contributed by atoms with Crippen LogP contribution in [0.15, 0.2) is 54.6 Å². The van der Waals surface area contributed by atoms with Gasteiger partial charge in [0.05, 0.1) is 33.6 Å². The van der Waals surface area contributed by atoms with E-state index < -0.39 is 7.32 Å². The molecule has 378 valence electrons. The first-order valence-corrected chi connectivity index (χ1v) is 28.7. The van der Waals surface area contributed by atoms with Gasteiger partial charge in [-0.1, -0.05) is 156 Å². The molecule has 0 radical (unpaired) electrons. The Bertz CT molecular complexity index is 2270. The van der Waals surface area contributed by atoms with Crippen LogP contribution in [0.4, 0.5) is 0 Å². The predicted octanol–water partition coefficient (Wildman–Crippen LogP) is 17.9. The van der Waals surface area contributed by atoms with Crippen LogP contribution in [-0.2, 0) is 57.8 Å². The van der Waals surface area contributed by atoms with Gasteiger partial charge < -0.3 is 14.0 Å². The average molecular weight is 948 g/mol. The molecule has 0 amide bonds. The van der Waals surface area contributed by atoms with Crippen LogP contribution in [0.1, 0.15) is 228 Å². The molecule has 0 spiro atoms. The highest BCUT2D eigenvalue weighted by molar-refractivity contribution is 6.40. The zero-order chi connectivity index (χ0) is 49.7. The molecule has 3 heterocycles. The molecule has 3 aromatic heterocycles. The predicted molar refractivity (Wildman–Crippen MR) is 300 cm³/mol. The minimum absolute atomic E-state index is 0.816. The Balaban J connectivity index is 1.72. The van der Waals surface area contributed by atoms with Crippen LogP contribution in [0.2, 0.25) is 0 Å². The van der Waals surface area contributed by atoms with Crippen molar-refractivity contribution in [1.29, 1.82) is 0 Å². The van der Waals surface area contributed by atoms with Crippen LogP contribution < -0.4 is 14.0 Å². The molecule has 0 aliphatic rings. The summed E-state index contributed by atoms with van der Waals surface area (Å²) in [5.41, 5.74) is 14.0. The van der Waals surface area contributed by atoms with E-state index in [4.69, 9.17) is 28.9 Å². The zero-order valence-corrected chi connectivity index (χ0v) is 45.4. The van der Waals surface area contributed by atoms with Gasteiger partial charge in [-0.05, 0) is 150 Å². The number of hydrogen-bond donors (Lipinski definition) is 0. The maximum Gasteiger partial charge on any atom is 0.864 e. The van der Waals surface area contributed by atoms with Gasteiger partial charge in [0.25, 0.3) is 0 Å². The molecule has 0 N–H and O–H groups in total. The van der Waals surface area contributed by atoms with Crippen LogP contribution in [0.25, 0.3) is 32.7 Å². The van der Waals surface area contributed by atoms with Gasteiger partial charge in [-0.2, -0.15) is 0 Å². The van der Waals surface area contributed by atoms with E-state index in [1.807, 2.05) is 0 Å². The molecule has 0 aliphatic carbocycles. The molecule has 3 aromatic carbocycles. The SMILES string of the molecule is CCCCc1nc2cccc(CCCC)c2c(CCCC)c1OB(Oc1c(CCCC)nc2cccc(CCCC)c2c1CCCC)Oc1c(CCCC)nc2cccc(CCCC)c2c1CCCC. The molecule has 0 fully saturated rings. The summed E-state index contributed by atoms with van der Waals surface area (Å²) in [5.74, 6) is 2.52. The fourth-order valence-corrected chi connectivity index (χ4v) is 10.4. The molecule has 0 saturated heterocycles. The van der Waals surface area contributed by atoms with Gasteiger partial charge in [0, 0.05) is 32.8 Å². The molecule has 0 unspecified atom stereocenters. The second-order valence-electron chi connectivity index (χ2n) is 20.1. The molecule has 0 bridgehead atoms. The third-order valence-corrected chi connectivity index (χ3v) is 14.4. The fourth-order valence-electron chi connectivity index (χ4n) is 10.4. The minimum atomic E-state index is -1.13. The second-order valence-corrected chi connectivity index (χ2v) is 20.1. The van der Waals surface area contributed by atoms with Crippen LogP contribution in [0.3, 0.4) is 0 Å². The van der Waals surface area contributed by atoms with Gasteiger partial charge in [0.15, 0.2) is 0 Å². The summed E-state index contributed by atoms with van der Waals surface area (Å²) in [6.07, 6.45) is 27.5. The lowest BCUT2D eigenvalue weighted by Crippen LogP contribution is -2.39. The first kappa shape index (κ1) is 54.7. The number of nitrogens with zero attached hydrogens (tertiary/aromatic N) is 3. The van der Waals surface area contributed by atoms with Crippen molar-refractivity contribution in [2.45, 2.75) is 236 Å². The molecule has 7 heteroatoms. The average Bonchev–Trinajstić information content (AvgIpc) is 3.38. The topological polar surface area (TPSA) is 66.4 Å². The largest absolute Gasteiger partial charge is 0.864 e. The van der Waals surface area contributed by atoms with E-state index in [2.05, 4.69) is 117 Å². The van der Waals surface area contributed by atoms with Gasteiger partial charge >= 0.3 is 7.32 Å². The quantitative estimate of drug-likeness (QED) is 0.0383. The van der Waals surface area contributed by atoms with E-state index in [9.17, 15) is 0 Å². The molecular weight excluding hydrogens is 858 g/mol. The van der Waals surface area contributed by atoms with Crippen molar-refractivity contribution in [1.82, 2.24) is 15.0 Å². The normalized spacial score (nSPS) is 11.6. The molecule has 0 atom stereocenters. The zero-order valence-electron chi connectivity index (χ0n) is 45.4. The highest BCUT2D eigenvalue weighted by Gasteiger charge is 2.38. The molecular formula is C63H90BN3O3. The van der Waals surface area contributed by atoms with E-state index in [1.54, 1.807) is 0 Å². The molecule has 6 aromatic rings. The molecule has 70 heavy (non-hydrogen) atoms. The summed E-state index contributed by atoms with van der Waals surface area (Å²) in [6, 6.07) is 20.2. The molecule has 0 saturated carbocycles. The van der Waals surface area contributed by atoms with Gasteiger partial charge in [-0.15, -0.1) is 0 Å². The Morgan fingerprint density at radius 3 is 0.814 bits per heavy atom. The van der Waals surface area contributed by atoms with Crippen molar-refractivity contribution >= 4 is 40.0 Å². The van der Waals surface area contributed by atoms with Crippen molar-refractivity contribution in [3.05, 3.63) is 105 Å². The lowest BCUT2D eigenvalue weighted by molar-refractivity contribution is 0.297. The van der Waals surface area contributed by atoms with E-state index in [-0.39, 0.29) is 0 Å². The third kappa shape index (κ3) is 13.9. The smallest absolute Gasteiger partial charge is 0.488 e. The fraction of sp³-hybridized carbons (Fsp3) is 0.571. The maximum absolute atomic E-state index is 7.74. The number of unbranched alkanes of at least 4 members (excludes halogenated alkanes) is 9. The van der Waals surface area contributed by atoms with E-state index >= 15 is 0 Å². The van der Waals surface area contributed by atoms with Gasteiger partial charge in [0.2, 0.25) is 0 Å². The van der Waals surface area contributed by atoms with E-state index in [0.29, 0.717) is 0 Å². The van der Waals surface area contributed by atoms with Crippen LogP contribution in [0.5, 0.6) is 17.2 Å². The molecule has 6 rings (SSSR count). The van der Waals surface area contributed by atoms with E-state index in [0.717, 1.165) is 224 Å². The number of hydrogen-bond acceptors (Lipinski definition) is 6. The Morgan fingerprint density at radius 2 is 0.557 bits per heavy atom. The summed E-state index contributed by atoms with van der Waals surface area (Å²) < 4.78 is 23.2. The highest BCUT2D eigenvalue weighted by atomic mass is 16.7. The summed E-state index contributed by atoms with van der Waals surface area (Å²) in [6.45, 7) is 20.6. The summed E-state index contributed by atoms with van der Waals surface area (Å²) in [4.78, 5) is 16.7. The number of fused-ring (bicyclic) bond motifs is 3. The molecule has 0 aliphatic heterocycles. The van der Waals surface area contributed by atoms with Gasteiger partial charge in [0.1, 0.15) is 17.2 Å². The Morgan fingerprint density at radius 1 is 0.314 bits per heavy atom. The van der Waals surface area contributed by atoms with Gasteiger partial charge in [-0.25, -0.2) is 15.0 Å². The summed E-state index contributed by atoms with van der Waals surface area (Å²) in [7, 11) is -1.13. The number of rotatable bonds is 33. The summed E-state index contributed by atoms with van der Waals surface area (Å²) in [5, 5.41) is 3.75. The highest BCUT2D eigenvalue weighted by Crippen LogP contribution is 2.41. The first-order chi connectivity index (χ1) is 34.4. The van der Waals surface area contributed by atoms with Crippen molar-refractivity contribution in [2.75, 3.05) is 0 Å². The molecule has 6 nitrogen and oxygen atoms in total. The van der Waals surface area contributed by atoms with Crippen LogP contribution in [0, 0.1) is 0 Å². The van der Waals surface area contributed by atoms with Crippen molar-refractivity contribution in [2.24, 2.45) is 0 Å². The third-order valence-electron chi connectivity index (χ3n) is 14.4. The lowest BCUT2D eigenvalue weighted by atomic mass is 9.92. The number of aromatic nitrogens is 3. The maximum atomic E-state index is 7.74. The minimum Gasteiger partial charge on any atom is -0.488 e. The van der Waals surface area contributed by atoms with Crippen LogP contribution in [-0.4, -0.2) is 22.3 Å². The number of pyridine rings is 3. The Kier molecular flexibility index (Phi) is 22.7. The standard InChI is InChI=1S/C63H90BN3O3/c1-10-19-31-46-34-28-43-52-58(46)49(37-22-13-4)61(55(65-52)40-25-16-7)68-64(69-62-50(38-23-14-5)59-47(32-20-11-2)35-29-44-53(59)66-56(62)41-26-17-8)70-63-51(39-24-15-6)60-48(33-21-12-3)36-30-45-54(60)67-57(63)42-27-18-9/h28-30,34-36,43-45H,10-27,31-33,37-42H2,1-9H3. The van der Waals surface area contributed by atoms with Crippen molar-refractivity contribution in [3.8, 4) is 17.2 Å². The second kappa shape index (κ2) is 29.0. The van der Waals surface area contributed by atoms with E-state index in [1.165, 1.54) is 49.5 Å². The Hall–Kier alpha value is -4.65. The summed E-state index contributed by atoms with van der Waals surface area (Å²) >= 11 is 0. The van der Waals surface area contributed by atoms with Crippen molar-refractivity contribution in [3.63, 3.8) is 0 Å². The Labute approximate surface area is 425 Å².